The minimum Gasteiger partial charge on any atom is -0.508 e. The summed E-state index contributed by atoms with van der Waals surface area (Å²) in [5, 5.41) is 9.30. The quantitative estimate of drug-likeness (QED) is 0.843. The maximum Gasteiger partial charge on any atom is 0.120 e. The molecule has 1 atom stereocenters. The summed E-state index contributed by atoms with van der Waals surface area (Å²) in [7, 11) is 2.13. The van der Waals surface area contributed by atoms with Gasteiger partial charge in [0.15, 0.2) is 0 Å². The molecule has 1 heterocycles. The van der Waals surface area contributed by atoms with Crippen LogP contribution in [0.25, 0.3) is 0 Å². The predicted octanol–water partition coefficient (Wildman–Crippen LogP) is 4.27. The Bertz CT molecular complexity index is 613. The molecule has 3 nitrogen and oxygen atoms in total. The molecular weight excluding hydrogens is 286 g/mol. The van der Waals surface area contributed by atoms with Crippen molar-refractivity contribution in [1.29, 1.82) is 0 Å². The van der Waals surface area contributed by atoms with E-state index in [9.17, 15) is 5.11 Å². The molecule has 1 aromatic rings. The summed E-state index contributed by atoms with van der Waals surface area (Å²) >= 11 is 0. The fourth-order valence-electron chi connectivity index (χ4n) is 3.43. The number of benzene rings is 1. The summed E-state index contributed by atoms with van der Waals surface area (Å²) in [6.07, 6.45) is 13.8. The predicted molar refractivity (Wildman–Crippen MR) is 93.5 cm³/mol. The third-order valence-electron chi connectivity index (χ3n) is 4.62. The summed E-state index contributed by atoms with van der Waals surface area (Å²) < 4.78 is 5.79. The Kier molecular flexibility index (Phi) is 5.06. The largest absolute Gasteiger partial charge is 0.508 e. The van der Waals surface area contributed by atoms with Gasteiger partial charge in [-0.05, 0) is 67.5 Å². The van der Waals surface area contributed by atoms with Crippen molar-refractivity contribution in [3.63, 3.8) is 0 Å². The molecular formula is C20H25NO2. The third-order valence-corrected chi connectivity index (χ3v) is 4.62. The Morgan fingerprint density at radius 2 is 2.09 bits per heavy atom. The number of nitrogens with zero attached hydrogens (tertiary/aromatic N) is 1. The van der Waals surface area contributed by atoms with Crippen molar-refractivity contribution in [1.82, 2.24) is 4.90 Å². The molecule has 0 spiro atoms. The Labute approximate surface area is 138 Å². The minimum atomic E-state index is 0.268. The van der Waals surface area contributed by atoms with Crippen LogP contribution in [0.15, 0.2) is 59.8 Å². The number of ether oxygens (including phenoxy) is 1. The SMILES string of the molecule is CN1C=CC=C(C2CCCCC2=CCOc2ccc(O)cc2)C1. The van der Waals surface area contributed by atoms with Gasteiger partial charge in [-0.2, -0.15) is 0 Å². The van der Waals surface area contributed by atoms with Gasteiger partial charge in [0, 0.05) is 19.5 Å². The average Bonchev–Trinajstić information content (AvgIpc) is 2.57. The highest BCUT2D eigenvalue weighted by Gasteiger charge is 2.23. The van der Waals surface area contributed by atoms with Gasteiger partial charge in [0.2, 0.25) is 0 Å². The number of rotatable bonds is 4. The van der Waals surface area contributed by atoms with Gasteiger partial charge < -0.3 is 14.7 Å². The van der Waals surface area contributed by atoms with Crippen molar-refractivity contribution in [3.05, 3.63) is 59.8 Å². The number of hydrogen-bond donors (Lipinski definition) is 1. The second-order valence-electron chi connectivity index (χ2n) is 6.38. The van der Waals surface area contributed by atoms with Gasteiger partial charge >= 0.3 is 0 Å². The normalized spacial score (nSPS) is 23.0. The van der Waals surface area contributed by atoms with Crippen LogP contribution in [0.1, 0.15) is 25.7 Å². The lowest BCUT2D eigenvalue weighted by Gasteiger charge is -2.31. The van der Waals surface area contributed by atoms with Crippen molar-refractivity contribution >= 4 is 0 Å². The van der Waals surface area contributed by atoms with Crippen LogP contribution < -0.4 is 4.74 Å². The number of hydrogen-bond acceptors (Lipinski definition) is 3. The number of phenolic OH excluding ortho intramolecular Hbond substituents is 1. The Morgan fingerprint density at radius 3 is 2.87 bits per heavy atom. The molecule has 1 saturated carbocycles. The third kappa shape index (κ3) is 4.19. The highest BCUT2D eigenvalue weighted by atomic mass is 16.5. The molecule has 1 aromatic carbocycles. The highest BCUT2D eigenvalue weighted by molar-refractivity contribution is 5.31. The van der Waals surface area contributed by atoms with E-state index in [0.717, 1.165) is 12.3 Å². The van der Waals surface area contributed by atoms with Gasteiger partial charge in [-0.3, -0.25) is 0 Å². The van der Waals surface area contributed by atoms with Gasteiger partial charge in [0.05, 0.1) is 0 Å². The van der Waals surface area contributed by atoms with Gasteiger partial charge in [0.25, 0.3) is 0 Å². The van der Waals surface area contributed by atoms with Crippen LogP contribution in [0.5, 0.6) is 11.5 Å². The molecule has 1 fully saturated rings. The van der Waals surface area contributed by atoms with E-state index in [1.165, 1.54) is 36.8 Å². The lowest BCUT2D eigenvalue weighted by atomic mass is 9.78. The number of aromatic hydroxyl groups is 1. The molecule has 3 heteroatoms. The van der Waals surface area contributed by atoms with Crippen LogP contribution >= 0.6 is 0 Å². The lowest BCUT2D eigenvalue weighted by Crippen LogP contribution is -2.24. The average molecular weight is 311 g/mol. The minimum absolute atomic E-state index is 0.268. The first kappa shape index (κ1) is 15.7. The van der Waals surface area contributed by atoms with Crippen molar-refractivity contribution in [2.75, 3.05) is 20.2 Å². The number of phenols is 1. The second-order valence-corrected chi connectivity index (χ2v) is 6.38. The Morgan fingerprint density at radius 1 is 1.26 bits per heavy atom. The topological polar surface area (TPSA) is 32.7 Å². The van der Waals surface area contributed by atoms with Gasteiger partial charge in [-0.15, -0.1) is 0 Å². The molecule has 0 aromatic heterocycles. The zero-order valence-corrected chi connectivity index (χ0v) is 13.7. The van der Waals surface area contributed by atoms with Crippen molar-refractivity contribution < 1.29 is 9.84 Å². The summed E-state index contributed by atoms with van der Waals surface area (Å²) in [5.41, 5.74) is 3.04. The van der Waals surface area contributed by atoms with E-state index in [-0.39, 0.29) is 5.75 Å². The van der Waals surface area contributed by atoms with Crippen LogP contribution in [0.3, 0.4) is 0 Å². The van der Waals surface area contributed by atoms with E-state index in [2.05, 4.69) is 36.4 Å². The first-order valence-corrected chi connectivity index (χ1v) is 8.40. The molecule has 3 rings (SSSR count). The van der Waals surface area contributed by atoms with E-state index in [0.29, 0.717) is 12.5 Å². The lowest BCUT2D eigenvalue weighted by molar-refractivity contribution is 0.356. The molecule has 122 valence electrons. The molecule has 1 unspecified atom stereocenters. The molecule has 0 radical (unpaired) electrons. The van der Waals surface area contributed by atoms with E-state index in [1.54, 1.807) is 24.3 Å². The summed E-state index contributed by atoms with van der Waals surface area (Å²) in [5.74, 6) is 1.63. The van der Waals surface area contributed by atoms with E-state index >= 15 is 0 Å². The van der Waals surface area contributed by atoms with Crippen LogP contribution in [0.2, 0.25) is 0 Å². The van der Waals surface area contributed by atoms with Crippen LogP contribution in [-0.2, 0) is 0 Å². The number of allylic oxidation sites excluding steroid dienone is 3. The summed E-state index contributed by atoms with van der Waals surface area (Å²) in [6.45, 7) is 1.62. The first-order chi connectivity index (χ1) is 11.2. The van der Waals surface area contributed by atoms with Gasteiger partial charge in [-0.1, -0.05) is 18.1 Å². The molecule has 1 aliphatic carbocycles. The first-order valence-electron chi connectivity index (χ1n) is 8.40. The molecule has 0 amide bonds. The second kappa shape index (κ2) is 7.40. The number of likely N-dealkylation sites (N-methyl/N-ethyl adjacent to an activating group) is 1. The maximum atomic E-state index is 9.30. The molecule has 1 aliphatic heterocycles. The monoisotopic (exact) mass is 311 g/mol. The smallest absolute Gasteiger partial charge is 0.120 e. The van der Waals surface area contributed by atoms with Crippen LogP contribution in [0, 0.1) is 5.92 Å². The molecule has 0 saturated heterocycles. The van der Waals surface area contributed by atoms with E-state index in [1.807, 2.05) is 0 Å². The molecule has 23 heavy (non-hydrogen) atoms. The molecule has 2 aliphatic rings. The van der Waals surface area contributed by atoms with E-state index in [4.69, 9.17) is 4.74 Å². The maximum absolute atomic E-state index is 9.30. The standard InChI is InChI=1S/C20H25NO2/c1-21-13-4-6-17(15-21)20-7-3-2-5-16(20)12-14-23-19-10-8-18(22)9-11-19/h4,6,8-13,20,22H,2-3,5,7,14-15H2,1H3. The molecule has 1 N–H and O–H groups in total. The van der Waals surface area contributed by atoms with Crippen molar-refractivity contribution in [2.45, 2.75) is 25.7 Å². The van der Waals surface area contributed by atoms with Gasteiger partial charge in [-0.25, -0.2) is 0 Å². The van der Waals surface area contributed by atoms with Crippen molar-refractivity contribution in [3.8, 4) is 11.5 Å². The zero-order valence-electron chi connectivity index (χ0n) is 13.7. The van der Waals surface area contributed by atoms with Crippen molar-refractivity contribution in [2.24, 2.45) is 5.92 Å². The zero-order chi connectivity index (χ0) is 16.1. The highest BCUT2D eigenvalue weighted by Crippen LogP contribution is 2.35. The Hall–Kier alpha value is -2.16. The summed E-state index contributed by atoms with van der Waals surface area (Å²) in [4.78, 5) is 2.24. The fourth-order valence-corrected chi connectivity index (χ4v) is 3.43. The van der Waals surface area contributed by atoms with Gasteiger partial charge in [0.1, 0.15) is 18.1 Å². The summed E-state index contributed by atoms with van der Waals surface area (Å²) in [6, 6.07) is 6.91. The molecule has 0 bridgehead atoms. The van der Waals surface area contributed by atoms with E-state index < -0.39 is 0 Å². The van der Waals surface area contributed by atoms with Crippen LogP contribution in [-0.4, -0.2) is 30.2 Å². The fraction of sp³-hybridized carbons (Fsp3) is 0.400. The van der Waals surface area contributed by atoms with Crippen LogP contribution in [0.4, 0.5) is 0 Å². The Balaban J connectivity index is 1.65.